The van der Waals surface area contributed by atoms with Gasteiger partial charge in [-0.25, -0.2) is 0 Å². The third kappa shape index (κ3) is 3.37. The van der Waals surface area contributed by atoms with Crippen molar-refractivity contribution < 1.29 is 13.9 Å². The molecule has 18 heavy (non-hydrogen) atoms. The van der Waals surface area contributed by atoms with Crippen LogP contribution in [-0.2, 0) is 12.5 Å². The number of halogens is 1. The third-order valence-corrected chi connectivity index (χ3v) is 2.33. The molecule has 1 aromatic heterocycles. The summed E-state index contributed by atoms with van der Waals surface area (Å²) in [4.78, 5) is 0. The Hall–Kier alpha value is -1.75. The van der Waals surface area contributed by atoms with Crippen LogP contribution in [0.25, 0.3) is 0 Å². The van der Waals surface area contributed by atoms with Crippen molar-refractivity contribution in [2.45, 2.75) is 19.4 Å². The summed E-state index contributed by atoms with van der Waals surface area (Å²) in [6, 6.07) is 7.37. The van der Waals surface area contributed by atoms with Gasteiger partial charge in [0, 0.05) is 6.07 Å². The Morgan fingerprint density at radius 1 is 1.17 bits per heavy atom. The molecular weight excluding hydrogens is 256 g/mol. The molecule has 0 saturated heterocycles. The largest absolute Gasteiger partial charge is 0.494 e. The van der Waals surface area contributed by atoms with E-state index in [9.17, 15) is 0 Å². The van der Waals surface area contributed by atoms with Gasteiger partial charge in [0.2, 0.25) is 5.89 Å². The van der Waals surface area contributed by atoms with Gasteiger partial charge in [0.1, 0.15) is 17.4 Å². The van der Waals surface area contributed by atoms with E-state index in [0.717, 1.165) is 5.75 Å². The average molecular weight is 269 g/mol. The molecule has 96 valence electrons. The minimum Gasteiger partial charge on any atom is -0.494 e. The van der Waals surface area contributed by atoms with Gasteiger partial charge in [-0.1, -0.05) is 6.07 Å². The lowest BCUT2D eigenvalue weighted by Gasteiger charge is -2.06. The summed E-state index contributed by atoms with van der Waals surface area (Å²) >= 11 is 5.56. The first-order chi connectivity index (χ1) is 8.81. The van der Waals surface area contributed by atoms with Crippen LogP contribution in [0.5, 0.6) is 11.5 Å². The monoisotopic (exact) mass is 268 g/mol. The predicted octanol–water partition coefficient (Wildman–Crippen LogP) is 2.79. The van der Waals surface area contributed by atoms with E-state index < -0.39 is 0 Å². The van der Waals surface area contributed by atoms with E-state index in [-0.39, 0.29) is 12.5 Å². The van der Waals surface area contributed by atoms with E-state index in [4.69, 9.17) is 25.5 Å². The molecule has 0 N–H and O–H groups in total. The zero-order valence-corrected chi connectivity index (χ0v) is 10.7. The summed E-state index contributed by atoms with van der Waals surface area (Å²) < 4.78 is 16.1. The van der Waals surface area contributed by atoms with Crippen LogP contribution in [-0.4, -0.2) is 16.8 Å². The van der Waals surface area contributed by atoms with Crippen LogP contribution in [0.1, 0.15) is 18.7 Å². The Labute approximate surface area is 110 Å². The first-order valence-corrected chi connectivity index (χ1v) is 6.08. The Morgan fingerprint density at radius 3 is 2.56 bits per heavy atom. The number of aromatic nitrogens is 2. The van der Waals surface area contributed by atoms with Crippen LogP contribution in [0.15, 0.2) is 28.7 Å². The van der Waals surface area contributed by atoms with Crippen LogP contribution in [0.3, 0.4) is 0 Å². The predicted molar refractivity (Wildman–Crippen MR) is 65.8 cm³/mol. The lowest BCUT2D eigenvalue weighted by molar-refractivity contribution is 0.258. The van der Waals surface area contributed by atoms with Crippen molar-refractivity contribution in [1.82, 2.24) is 10.2 Å². The van der Waals surface area contributed by atoms with Gasteiger partial charge in [0.25, 0.3) is 5.89 Å². The van der Waals surface area contributed by atoms with E-state index in [0.29, 0.717) is 24.1 Å². The molecule has 0 amide bonds. The van der Waals surface area contributed by atoms with Crippen LogP contribution in [0.2, 0.25) is 0 Å². The fourth-order valence-electron chi connectivity index (χ4n) is 1.37. The maximum atomic E-state index is 5.56. The lowest BCUT2D eigenvalue weighted by atomic mass is 10.3. The molecule has 2 rings (SSSR count). The molecule has 0 aliphatic heterocycles. The van der Waals surface area contributed by atoms with Crippen LogP contribution in [0, 0.1) is 0 Å². The van der Waals surface area contributed by atoms with E-state index in [2.05, 4.69) is 10.2 Å². The minimum atomic E-state index is 0.201. The summed E-state index contributed by atoms with van der Waals surface area (Å²) in [5.74, 6) is 2.44. The molecular formula is C12H13ClN2O3. The van der Waals surface area contributed by atoms with Crippen molar-refractivity contribution in [3.05, 3.63) is 36.0 Å². The second kappa shape index (κ2) is 6.26. The Morgan fingerprint density at radius 2 is 1.89 bits per heavy atom. The second-order valence-electron chi connectivity index (χ2n) is 3.42. The van der Waals surface area contributed by atoms with E-state index in [1.54, 1.807) is 0 Å². The summed E-state index contributed by atoms with van der Waals surface area (Å²) in [6.45, 7) is 2.76. The number of hydrogen-bond acceptors (Lipinski definition) is 5. The standard InChI is InChI=1S/C12H13ClN2O3/c1-2-16-9-4-3-5-10(6-9)17-8-12-15-14-11(7-13)18-12/h3-6H,2,7-8H2,1H3. The number of rotatable bonds is 6. The highest BCUT2D eigenvalue weighted by atomic mass is 35.5. The highest BCUT2D eigenvalue weighted by Gasteiger charge is 2.06. The quantitative estimate of drug-likeness (QED) is 0.754. The van der Waals surface area contributed by atoms with E-state index in [1.165, 1.54) is 0 Å². The molecule has 0 radical (unpaired) electrons. The van der Waals surface area contributed by atoms with Crippen LogP contribution in [0.4, 0.5) is 0 Å². The van der Waals surface area contributed by atoms with Crippen LogP contribution < -0.4 is 9.47 Å². The van der Waals surface area contributed by atoms with Crippen molar-refractivity contribution in [2.75, 3.05) is 6.61 Å². The van der Waals surface area contributed by atoms with Crippen molar-refractivity contribution in [3.8, 4) is 11.5 Å². The smallest absolute Gasteiger partial charge is 0.253 e. The molecule has 1 heterocycles. The molecule has 0 aliphatic carbocycles. The van der Waals surface area contributed by atoms with E-state index in [1.807, 2.05) is 31.2 Å². The summed E-state index contributed by atoms with van der Waals surface area (Å²) in [5.41, 5.74) is 0. The molecule has 1 aromatic carbocycles. The molecule has 2 aromatic rings. The molecule has 0 atom stereocenters. The molecule has 0 saturated carbocycles. The third-order valence-electron chi connectivity index (χ3n) is 2.10. The Kier molecular flexibility index (Phi) is 4.41. The molecule has 6 heteroatoms. The molecule has 0 bridgehead atoms. The van der Waals surface area contributed by atoms with E-state index >= 15 is 0 Å². The fourth-order valence-corrected chi connectivity index (χ4v) is 1.47. The van der Waals surface area contributed by atoms with Crippen molar-refractivity contribution in [3.63, 3.8) is 0 Å². The number of benzene rings is 1. The average Bonchev–Trinajstić information content (AvgIpc) is 2.85. The lowest BCUT2D eigenvalue weighted by Crippen LogP contribution is -1.97. The van der Waals surface area contributed by atoms with Gasteiger partial charge in [0.15, 0.2) is 6.61 Å². The molecule has 0 aliphatic rings. The maximum Gasteiger partial charge on any atom is 0.253 e. The zero-order chi connectivity index (χ0) is 12.8. The molecule has 0 unspecified atom stereocenters. The van der Waals surface area contributed by atoms with Crippen molar-refractivity contribution in [1.29, 1.82) is 0 Å². The number of nitrogens with zero attached hydrogens (tertiary/aromatic N) is 2. The molecule has 0 spiro atoms. The summed E-state index contributed by atoms with van der Waals surface area (Å²) in [6.07, 6.45) is 0. The van der Waals surface area contributed by atoms with Gasteiger partial charge in [0.05, 0.1) is 6.61 Å². The highest BCUT2D eigenvalue weighted by molar-refractivity contribution is 6.16. The van der Waals surface area contributed by atoms with Gasteiger partial charge in [-0.3, -0.25) is 0 Å². The molecule has 5 nitrogen and oxygen atoms in total. The zero-order valence-electron chi connectivity index (χ0n) is 9.93. The summed E-state index contributed by atoms with van der Waals surface area (Å²) in [5, 5.41) is 7.54. The van der Waals surface area contributed by atoms with Gasteiger partial charge in [-0.05, 0) is 19.1 Å². The van der Waals surface area contributed by atoms with Gasteiger partial charge < -0.3 is 13.9 Å². The Balaban J connectivity index is 1.94. The van der Waals surface area contributed by atoms with Gasteiger partial charge in [-0.15, -0.1) is 21.8 Å². The maximum absolute atomic E-state index is 5.56. The number of hydrogen-bond donors (Lipinski definition) is 0. The van der Waals surface area contributed by atoms with Gasteiger partial charge >= 0.3 is 0 Å². The molecule has 0 fully saturated rings. The van der Waals surface area contributed by atoms with Crippen LogP contribution >= 0.6 is 11.6 Å². The Bertz CT molecular complexity index is 502. The topological polar surface area (TPSA) is 57.4 Å². The number of ether oxygens (including phenoxy) is 2. The highest BCUT2D eigenvalue weighted by Crippen LogP contribution is 2.20. The number of alkyl halides is 1. The second-order valence-corrected chi connectivity index (χ2v) is 3.69. The first-order valence-electron chi connectivity index (χ1n) is 5.54. The first kappa shape index (κ1) is 12.7. The van der Waals surface area contributed by atoms with Crippen molar-refractivity contribution in [2.24, 2.45) is 0 Å². The minimum absolute atomic E-state index is 0.201. The van der Waals surface area contributed by atoms with Crippen molar-refractivity contribution >= 4 is 11.6 Å². The van der Waals surface area contributed by atoms with Gasteiger partial charge in [-0.2, -0.15) is 0 Å². The normalized spacial score (nSPS) is 10.3. The fraction of sp³-hybridized carbons (Fsp3) is 0.333. The summed E-state index contributed by atoms with van der Waals surface area (Å²) in [7, 11) is 0. The SMILES string of the molecule is CCOc1cccc(OCc2nnc(CCl)o2)c1.